The van der Waals surface area contributed by atoms with E-state index in [-0.39, 0.29) is 36.5 Å². The third kappa shape index (κ3) is 5.45. The summed E-state index contributed by atoms with van der Waals surface area (Å²) in [5.74, 6) is -0.468. The number of nitrogens with one attached hydrogen (secondary N) is 1. The van der Waals surface area contributed by atoms with Gasteiger partial charge in [-0.3, -0.25) is 14.4 Å². The van der Waals surface area contributed by atoms with E-state index in [1.807, 2.05) is 0 Å². The van der Waals surface area contributed by atoms with Gasteiger partial charge in [-0.2, -0.15) is 0 Å². The highest BCUT2D eigenvalue weighted by molar-refractivity contribution is 8.01. The van der Waals surface area contributed by atoms with Crippen LogP contribution in [-0.2, 0) is 19.1 Å². The van der Waals surface area contributed by atoms with E-state index in [0.29, 0.717) is 27.5 Å². The average Bonchev–Trinajstić information content (AvgIpc) is 3.33. The first kappa shape index (κ1) is 21.1. The van der Waals surface area contributed by atoms with Gasteiger partial charge >= 0.3 is 5.97 Å². The standard InChI is InChI=1S/C18H20N4O5S2/c1-3-27-15(24)10-28-18-21-20-17(29-18)19-16(25)11-7-14(23)22(9-11)12-5-4-6-13(8-12)26-2/h4-6,8,11H,3,7,9-10H2,1-2H3,(H,19,20,25). The summed E-state index contributed by atoms with van der Waals surface area (Å²) in [6, 6.07) is 7.15. The molecular formula is C18H20N4O5S2. The van der Waals surface area contributed by atoms with E-state index in [4.69, 9.17) is 9.47 Å². The maximum Gasteiger partial charge on any atom is 0.316 e. The van der Waals surface area contributed by atoms with Gasteiger partial charge in [0.1, 0.15) is 5.75 Å². The average molecular weight is 437 g/mol. The molecule has 1 aromatic carbocycles. The fraction of sp³-hybridized carbons (Fsp3) is 0.389. The third-order valence-corrected chi connectivity index (χ3v) is 6.06. The van der Waals surface area contributed by atoms with Gasteiger partial charge in [0.2, 0.25) is 16.9 Å². The number of ether oxygens (including phenoxy) is 2. The van der Waals surface area contributed by atoms with Crippen molar-refractivity contribution >= 4 is 51.7 Å². The Kier molecular flexibility index (Phi) is 7.04. The first-order chi connectivity index (χ1) is 14.0. The van der Waals surface area contributed by atoms with Crippen LogP contribution in [0.25, 0.3) is 0 Å². The molecule has 9 nitrogen and oxygen atoms in total. The lowest BCUT2D eigenvalue weighted by Gasteiger charge is -2.17. The highest BCUT2D eigenvalue weighted by atomic mass is 32.2. The fourth-order valence-corrected chi connectivity index (χ4v) is 4.31. The maximum atomic E-state index is 12.6. The zero-order chi connectivity index (χ0) is 20.8. The number of hydrogen-bond acceptors (Lipinski definition) is 9. The van der Waals surface area contributed by atoms with Gasteiger partial charge in [-0.05, 0) is 19.1 Å². The summed E-state index contributed by atoms with van der Waals surface area (Å²) in [4.78, 5) is 37.9. The summed E-state index contributed by atoms with van der Waals surface area (Å²) in [5.41, 5.74) is 0.693. The molecule has 1 aliphatic heterocycles. The van der Waals surface area contributed by atoms with Gasteiger partial charge in [-0.15, -0.1) is 10.2 Å². The van der Waals surface area contributed by atoms with Gasteiger partial charge in [-0.25, -0.2) is 0 Å². The van der Waals surface area contributed by atoms with Gasteiger partial charge in [0.05, 0.1) is 25.4 Å². The van der Waals surface area contributed by atoms with Crippen molar-refractivity contribution in [2.24, 2.45) is 5.92 Å². The molecule has 0 aliphatic carbocycles. The molecule has 1 unspecified atom stereocenters. The summed E-state index contributed by atoms with van der Waals surface area (Å²) in [6.45, 7) is 2.34. The highest BCUT2D eigenvalue weighted by Gasteiger charge is 2.35. The Bertz CT molecular complexity index is 904. The molecule has 0 bridgehead atoms. The Morgan fingerprint density at radius 1 is 1.38 bits per heavy atom. The number of anilines is 2. The monoisotopic (exact) mass is 436 g/mol. The lowest BCUT2D eigenvalue weighted by atomic mass is 10.1. The van der Waals surface area contributed by atoms with Gasteiger partial charge in [-0.1, -0.05) is 29.2 Å². The van der Waals surface area contributed by atoms with Gasteiger partial charge in [0.15, 0.2) is 4.34 Å². The van der Waals surface area contributed by atoms with Crippen molar-refractivity contribution in [2.75, 3.05) is 36.2 Å². The summed E-state index contributed by atoms with van der Waals surface area (Å²) >= 11 is 2.36. The van der Waals surface area contributed by atoms with Crippen molar-refractivity contribution in [2.45, 2.75) is 17.7 Å². The van der Waals surface area contributed by atoms with E-state index in [2.05, 4.69) is 15.5 Å². The number of aromatic nitrogens is 2. The Morgan fingerprint density at radius 3 is 2.97 bits per heavy atom. The zero-order valence-electron chi connectivity index (χ0n) is 15.9. The molecule has 29 heavy (non-hydrogen) atoms. The first-order valence-corrected chi connectivity index (χ1v) is 10.7. The van der Waals surface area contributed by atoms with Crippen LogP contribution in [0.2, 0.25) is 0 Å². The van der Waals surface area contributed by atoms with Crippen LogP contribution in [0.15, 0.2) is 28.6 Å². The second-order valence-corrected chi connectivity index (χ2v) is 8.26. The molecular weight excluding hydrogens is 416 g/mol. The first-order valence-electron chi connectivity index (χ1n) is 8.87. The molecule has 0 spiro atoms. The van der Waals surface area contributed by atoms with Crippen LogP contribution in [0.1, 0.15) is 13.3 Å². The number of carbonyl (C=O) groups is 3. The van der Waals surface area contributed by atoms with Crippen LogP contribution in [0, 0.1) is 5.92 Å². The molecule has 0 saturated carbocycles. The molecule has 11 heteroatoms. The predicted octanol–water partition coefficient (Wildman–Crippen LogP) is 2.19. The minimum atomic E-state index is -0.492. The topological polar surface area (TPSA) is 111 Å². The Morgan fingerprint density at radius 2 is 2.21 bits per heavy atom. The van der Waals surface area contributed by atoms with E-state index >= 15 is 0 Å². The number of hydrogen-bond donors (Lipinski definition) is 1. The molecule has 1 saturated heterocycles. The smallest absolute Gasteiger partial charge is 0.316 e. The Labute approximate surface area is 175 Å². The maximum absolute atomic E-state index is 12.6. The second kappa shape index (κ2) is 9.70. The van der Waals surface area contributed by atoms with Crippen molar-refractivity contribution in [3.63, 3.8) is 0 Å². The van der Waals surface area contributed by atoms with E-state index in [1.54, 1.807) is 43.2 Å². The molecule has 154 valence electrons. The van der Waals surface area contributed by atoms with E-state index in [1.165, 1.54) is 23.1 Å². The number of benzene rings is 1. The van der Waals surface area contributed by atoms with E-state index in [9.17, 15) is 14.4 Å². The van der Waals surface area contributed by atoms with Crippen molar-refractivity contribution in [3.8, 4) is 5.75 Å². The Hall–Kier alpha value is -2.66. The molecule has 1 aliphatic rings. The minimum Gasteiger partial charge on any atom is -0.497 e. The van der Waals surface area contributed by atoms with Crippen LogP contribution < -0.4 is 15.0 Å². The quantitative estimate of drug-likeness (QED) is 0.381. The van der Waals surface area contributed by atoms with Crippen LogP contribution in [-0.4, -0.2) is 54.0 Å². The number of nitrogens with zero attached hydrogens (tertiary/aromatic N) is 3. The highest BCUT2D eigenvalue weighted by Crippen LogP contribution is 2.30. The second-order valence-electron chi connectivity index (χ2n) is 6.06. The van der Waals surface area contributed by atoms with Crippen molar-refractivity contribution in [1.82, 2.24) is 10.2 Å². The summed E-state index contributed by atoms with van der Waals surface area (Å²) in [5, 5.41) is 10.9. The summed E-state index contributed by atoms with van der Waals surface area (Å²) in [6.07, 6.45) is 0.117. The van der Waals surface area contributed by atoms with Gasteiger partial charge < -0.3 is 19.7 Å². The zero-order valence-corrected chi connectivity index (χ0v) is 17.5. The van der Waals surface area contributed by atoms with Crippen molar-refractivity contribution in [3.05, 3.63) is 24.3 Å². The predicted molar refractivity (Wildman–Crippen MR) is 109 cm³/mol. The molecule has 2 heterocycles. The van der Waals surface area contributed by atoms with Gasteiger partial charge in [0, 0.05) is 24.7 Å². The number of methoxy groups -OCH3 is 1. The molecule has 1 fully saturated rings. The molecule has 1 aromatic heterocycles. The van der Waals surface area contributed by atoms with Crippen molar-refractivity contribution < 1.29 is 23.9 Å². The molecule has 2 amide bonds. The Balaban J connectivity index is 1.56. The van der Waals surface area contributed by atoms with E-state index < -0.39 is 5.92 Å². The molecule has 1 N–H and O–H groups in total. The molecule has 2 aromatic rings. The van der Waals surface area contributed by atoms with E-state index in [0.717, 1.165) is 0 Å². The third-order valence-electron chi connectivity index (χ3n) is 4.12. The fourth-order valence-electron chi connectivity index (χ4n) is 2.76. The normalized spacial score (nSPS) is 16.0. The lowest BCUT2D eigenvalue weighted by molar-refractivity contribution is -0.139. The number of carbonyl (C=O) groups excluding carboxylic acids is 3. The largest absolute Gasteiger partial charge is 0.497 e. The lowest BCUT2D eigenvalue weighted by Crippen LogP contribution is -2.28. The number of esters is 1. The number of thioether (sulfide) groups is 1. The number of amides is 2. The van der Waals surface area contributed by atoms with Crippen molar-refractivity contribution in [1.29, 1.82) is 0 Å². The van der Waals surface area contributed by atoms with Gasteiger partial charge in [0.25, 0.3) is 0 Å². The number of rotatable bonds is 8. The molecule has 3 rings (SSSR count). The van der Waals surface area contributed by atoms with Crippen LogP contribution in [0.5, 0.6) is 5.75 Å². The molecule has 1 atom stereocenters. The summed E-state index contributed by atoms with van der Waals surface area (Å²) < 4.78 is 10.6. The minimum absolute atomic E-state index is 0.117. The molecule has 0 radical (unpaired) electrons. The SMILES string of the molecule is CCOC(=O)CSc1nnc(NC(=O)C2CC(=O)N(c3cccc(OC)c3)C2)s1. The summed E-state index contributed by atoms with van der Waals surface area (Å²) in [7, 11) is 1.56. The van der Waals surface area contributed by atoms with Crippen LogP contribution in [0.4, 0.5) is 10.8 Å². The van der Waals surface area contributed by atoms with Crippen LogP contribution in [0.3, 0.4) is 0 Å². The van der Waals surface area contributed by atoms with Crippen LogP contribution >= 0.6 is 23.1 Å².